The number of nitriles is 1. The van der Waals surface area contributed by atoms with Crippen molar-refractivity contribution in [3.63, 3.8) is 0 Å². The smallest absolute Gasteiger partial charge is 0.147 e. The molecule has 3 aromatic heterocycles. The molecule has 0 aromatic carbocycles. The van der Waals surface area contributed by atoms with E-state index in [2.05, 4.69) is 30.9 Å². The fourth-order valence-electron chi connectivity index (χ4n) is 3.22. The van der Waals surface area contributed by atoms with E-state index in [0.717, 1.165) is 54.8 Å². The first-order valence-electron chi connectivity index (χ1n) is 8.83. The SMILES string of the molecule is Cc1ccc(C#N)c(N2CCN(c3cncc(-c4cnn(C)c4)n3)CC2)n1. The quantitative estimate of drug-likeness (QED) is 0.703. The fraction of sp³-hybridized carbons (Fsp3) is 0.316. The maximum Gasteiger partial charge on any atom is 0.147 e. The second kappa shape index (κ2) is 7.03. The summed E-state index contributed by atoms with van der Waals surface area (Å²) in [4.78, 5) is 18.1. The molecule has 8 heteroatoms. The third-order valence-electron chi connectivity index (χ3n) is 4.66. The lowest BCUT2D eigenvalue weighted by molar-refractivity contribution is 0.639. The summed E-state index contributed by atoms with van der Waals surface area (Å²) in [6.07, 6.45) is 7.27. The first-order valence-corrected chi connectivity index (χ1v) is 8.83. The van der Waals surface area contributed by atoms with Crippen molar-refractivity contribution in [2.75, 3.05) is 36.0 Å². The molecule has 4 heterocycles. The molecule has 0 amide bonds. The number of hydrogen-bond acceptors (Lipinski definition) is 7. The van der Waals surface area contributed by atoms with Gasteiger partial charge in [0.05, 0.1) is 29.8 Å². The zero-order chi connectivity index (χ0) is 18.8. The average molecular weight is 360 g/mol. The van der Waals surface area contributed by atoms with Crippen molar-refractivity contribution >= 4 is 11.6 Å². The van der Waals surface area contributed by atoms with Crippen LogP contribution >= 0.6 is 0 Å². The van der Waals surface area contributed by atoms with Gasteiger partial charge in [0, 0.05) is 50.7 Å². The molecule has 8 nitrogen and oxygen atoms in total. The van der Waals surface area contributed by atoms with Gasteiger partial charge in [-0.25, -0.2) is 9.97 Å². The maximum absolute atomic E-state index is 9.36. The first kappa shape index (κ1) is 17.0. The van der Waals surface area contributed by atoms with Crippen LogP contribution in [0.5, 0.6) is 0 Å². The summed E-state index contributed by atoms with van der Waals surface area (Å²) in [7, 11) is 1.88. The van der Waals surface area contributed by atoms with Crippen molar-refractivity contribution in [1.82, 2.24) is 24.7 Å². The molecule has 1 aliphatic rings. The molecule has 0 spiro atoms. The number of nitrogens with zero attached hydrogens (tertiary/aromatic N) is 8. The summed E-state index contributed by atoms with van der Waals surface area (Å²) >= 11 is 0. The molecule has 0 bridgehead atoms. The Kier molecular flexibility index (Phi) is 4.42. The number of aryl methyl sites for hydroxylation is 2. The summed E-state index contributed by atoms with van der Waals surface area (Å²) in [6, 6.07) is 5.96. The number of pyridine rings is 1. The van der Waals surface area contributed by atoms with Gasteiger partial charge >= 0.3 is 0 Å². The molecular formula is C19H20N8. The second-order valence-corrected chi connectivity index (χ2v) is 6.57. The van der Waals surface area contributed by atoms with Crippen LogP contribution in [0.25, 0.3) is 11.3 Å². The van der Waals surface area contributed by atoms with Crippen molar-refractivity contribution < 1.29 is 0 Å². The van der Waals surface area contributed by atoms with E-state index in [1.165, 1.54) is 0 Å². The highest BCUT2D eigenvalue weighted by Crippen LogP contribution is 2.23. The lowest BCUT2D eigenvalue weighted by Gasteiger charge is -2.36. The number of piperazine rings is 1. The summed E-state index contributed by atoms with van der Waals surface area (Å²) < 4.78 is 1.75. The number of anilines is 2. The van der Waals surface area contributed by atoms with E-state index in [4.69, 9.17) is 4.98 Å². The van der Waals surface area contributed by atoms with Crippen LogP contribution in [-0.2, 0) is 7.05 Å². The normalized spacial score (nSPS) is 14.3. The zero-order valence-electron chi connectivity index (χ0n) is 15.4. The molecule has 0 unspecified atom stereocenters. The molecule has 136 valence electrons. The Balaban J connectivity index is 1.50. The second-order valence-electron chi connectivity index (χ2n) is 6.57. The highest BCUT2D eigenvalue weighted by atomic mass is 15.3. The van der Waals surface area contributed by atoms with Crippen LogP contribution in [0.1, 0.15) is 11.3 Å². The average Bonchev–Trinajstić information content (AvgIpc) is 3.15. The minimum Gasteiger partial charge on any atom is -0.352 e. The van der Waals surface area contributed by atoms with Crippen molar-refractivity contribution in [2.24, 2.45) is 7.05 Å². The van der Waals surface area contributed by atoms with E-state index < -0.39 is 0 Å². The van der Waals surface area contributed by atoms with E-state index in [1.54, 1.807) is 23.3 Å². The van der Waals surface area contributed by atoms with Crippen LogP contribution in [-0.4, -0.2) is 50.9 Å². The van der Waals surface area contributed by atoms with Gasteiger partial charge in [-0.15, -0.1) is 0 Å². The highest BCUT2D eigenvalue weighted by Gasteiger charge is 2.22. The molecule has 0 N–H and O–H groups in total. The van der Waals surface area contributed by atoms with Crippen LogP contribution in [0, 0.1) is 18.3 Å². The third kappa shape index (κ3) is 3.44. The minimum atomic E-state index is 0.618. The summed E-state index contributed by atoms with van der Waals surface area (Å²) in [5.74, 6) is 1.63. The van der Waals surface area contributed by atoms with Crippen LogP contribution < -0.4 is 9.80 Å². The molecule has 4 rings (SSSR count). The van der Waals surface area contributed by atoms with Gasteiger partial charge in [-0.1, -0.05) is 0 Å². The maximum atomic E-state index is 9.36. The van der Waals surface area contributed by atoms with E-state index in [0.29, 0.717) is 5.56 Å². The van der Waals surface area contributed by atoms with E-state index >= 15 is 0 Å². The third-order valence-corrected chi connectivity index (χ3v) is 4.66. The molecule has 0 radical (unpaired) electrons. The fourth-order valence-corrected chi connectivity index (χ4v) is 3.22. The van der Waals surface area contributed by atoms with E-state index in [1.807, 2.05) is 32.3 Å². The van der Waals surface area contributed by atoms with Crippen molar-refractivity contribution in [3.8, 4) is 17.3 Å². The van der Waals surface area contributed by atoms with Crippen molar-refractivity contribution in [1.29, 1.82) is 5.26 Å². The zero-order valence-corrected chi connectivity index (χ0v) is 15.4. The summed E-state index contributed by atoms with van der Waals surface area (Å²) in [5, 5.41) is 13.6. The molecule has 1 aliphatic heterocycles. The van der Waals surface area contributed by atoms with Crippen LogP contribution in [0.2, 0.25) is 0 Å². The topological polar surface area (TPSA) is 86.8 Å². The summed E-state index contributed by atoms with van der Waals surface area (Å²) in [6.45, 7) is 5.10. The van der Waals surface area contributed by atoms with Gasteiger partial charge in [-0.2, -0.15) is 10.4 Å². The van der Waals surface area contributed by atoms with Gasteiger partial charge in [0.15, 0.2) is 0 Å². The highest BCUT2D eigenvalue weighted by molar-refractivity contribution is 5.59. The Labute approximate surface area is 157 Å². The molecular weight excluding hydrogens is 340 g/mol. The lowest BCUT2D eigenvalue weighted by Crippen LogP contribution is -2.47. The predicted octanol–water partition coefficient (Wildman–Crippen LogP) is 1.78. The monoisotopic (exact) mass is 360 g/mol. The van der Waals surface area contributed by atoms with Crippen LogP contribution in [0.4, 0.5) is 11.6 Å². The van der Waals surface area contributed by atoms with Crippen molar-refractivity contribution in [3.05, 3.63) is 48.2 Å². The van der Waals surface area contributed by atoms with Gasteiger partial charge in [-0.05, 0) is 19.1 Å². The molecule has 27 heavy (non-hydrogen) atoms. The van der Waals surface area contributed by atoms with E-state index in [-0.39, 0.29) is 0 Å². The predicted molar refractivity (Wildman–Crippen MR) is 102 cm³/mol. The molecule has 1 saturated heterocycles. The van der Waals surface area contributed by atoms with Gasteiger partial charge in [0.25, 0.3) is 0 Å². The number of rotatable bonds is 3. The first-order chi connectivity index (χ1) is 13.1. The van der Waals surface area contributed by atoms with Gasteiger partial charge in [0.1, 0.15) is 17.7 Å². The number of aromatic nitrogens is 5. The summed E-state index contributed by atoms with van der Waals surface area (Å²) in [5.41, 5.74) is 3.30. The Hall–Kier alpha value is -3.47. The van der Waals surface area contributed by atoms with Gasteiger partial charge < -0.3 is 9.80 Å². The minimum absolute atomic E-state index is 0.618. The Morgan fingerprint density at radius 2 is 1.78 bits per heavy atom. The Morgan fingerprint density at radius 3 is 2.48 bits per heavy atom. The largest absolute Gasteiger partial charge is 0.352 e. The number of hydrogen-bond donors (Lipinski definition) is 0. The molecule has 0 atom stereocenters. The van der Waals surface area contributed by atoms with Gasteiger partial charge in [-0.3, -0.25) is 9.67 Å². The van der Waals surface area contributed by atoms with Crippen LogP contribution in [0.15, 0.2) is 36.9 Å². The molecule has 3 aromatic rings. The van der Waals surface area contributed by atoms with E-state index in [9.17, 15) is 5.26 Å². The Bertz CT molecular complexity index is 995. The Morgan fingerprint density at radius 1 is 1.00 bits per heavy atom. The van der Waals surface area contributed by atoms with Crippen LogP contribution in [0.3, 0.4) is 0 Å². The van der Waals surface area contributed by atoms with Gasteiger partial charge in [0.2, 0.25) is 0 Å². The molecule has 0 saturated carbocycles. The van der Waals surface area contributed by atoms with Crippen molar-refractivity contribution in [2.45, 2.75) is 6.92 Å². The lowest BCUT2D eigenvalue weighted by atomic mass is 10.2. The molecule has 1 fully saturated rings. The molecule has 0 aliphatic carbocycles. The standard InChI is InChI=1S/C19H20N8/c1-14-3-4-15(9-20)19(23-14)27-7-5-26(6-8-27)18-12-21-11-17(24-18)16-10-22-25(2)13-16/h3-4,10-13H,5-8H2,1-2H3.